The van der Waals surface area contributed by atoms with E-state index in [1.54, 1.807) is 18.7 Å². The highest BCUT2D eigenvalue weighted by Gasteiger charge is 2.26. The molecule has 0 aromatic heterocycles. The number of hydrogen-bond acceptors (Lipinski definition) is 3. The summed E-state index contributed by atoms with van der Waals surface area (Å²) >= 11 is 1.80. The lowest BCUT2D eigenvalue weighted by Gasteiger charge is -2.15. The average molecular weight is 266 g/mol. The first kappa shape index (κ1) is 13.4. The van der Waals surface area contributed by atoms with Gasteiger partial charge in [-0.3, -0.25) is 4.79 Å². The summed E-state index contributed by atoms with van der Waals surface area (Å²) in [7, 11) is 0. The maximum absolute atomic E-state index is 11.0. The summed E-state index contributed by atoms with van der Waals surface area (Å²) in [6.45, 7) is 1.70. The van der Waals surface area contributed by atoms with Crippen molar-refractivity contribution in [3.8, 4) is 0 Å². The van der Waals surface area contributed by atoms with Crippen LogP contribution in [0.15, 0.2) is 24.3 Å². The monoisotopic (exact) mass is 266 g/mol. The number of thioether (sulfide) groups is 1. The molecule has 1 aliphatic heterocycles. The fourth-order valence-corrected chi connectivity index (χ4v) is 3.55. The second-order valence-corrected chi connectivity index (χ2v) is 6.12. The SMILES string of the molecule is CC(C(=O)O)c1cccc(CC2SCCC2O)c1. The molecule has 4 heteroatoms. The van der Waals surface area contributed by atoms with Crippen LogP contribution < -0.4 is 0 Å². The third-order valence-corrected chi connectivity index (χ3v) is 4.81. The Balaban J connectivity index is 2.09. The summed E-state index contributed by atoms with van der Waals surface area (Å²) in [5.41, 5.74) is 1.94. The molecule has 3 nitrogen and oxygen atoms in total. The van der Waals surface area contributed by atoms with Crippen molar-refractivity contribution in [2.24, 2.45) is 0 Å². The Morgan fingerprint density at radius 3 is 2.94 bits per heavy atom. The second kappa shape index (κ2) is 5.76. The summed E-state index contributed by atoms with van der Waals surface area (Å²) in [4.78, 5) is 11.0. The topological polar surface area (TPSA) is 57.5 Å². The number of aliphatic hydroxyl groups is 1. The lowest BCUT2D eigenvalue weighted by Crippen LogP contribution is -2.19. The van der Waals surface area contributed by atoms with Gasteiger partial charge in [-0.25, -0.2) is 0 Å². The molecule has 98 valence electrons. The minimum Gasteiger partial charge on any atom is -0.481 e. The van der Waals surface area contributed by atoms with Crippen LogP contribution in [-0.2, 0) is 11.2 Å². The average Bonchev–Trinajstić information content (AvgIpc) is 2.74. The molecular weight excluding hydrogens is 248 g/mol. The fourth-order valence-electron chi connectivity index (χ4n) is 2.20. The van der Waals surface area contributed by atoms with Crippen LogP contribution in [0.1, 0.15) is 30.4 Å². The Bertz CT molecular complexity index is 433. The lowest BCUT2D eigenvalue weighted by molar-refractivity contribution is -0.138. The van der Waals surface area contributed by atoms with Crippen LogP contribution >= 0.6 is 11.8 Å². The van der Waals surface area contributed by atoms with Crippen LogP contribution in [0, 0.1) is 0 Å². The Morgan fingerprint density at radius 1 is 1.56 bits per heavy atom. The first-order chi connectivity index (χ1) is 8.58. The van der Waals surface area contributed by atoms with Crippen LogP contribution in [0.4, 0.5) is 0 Å². The van der Waals surface area contributed by atoms with E-state index < -0.39 is 11.9 Å². The van der Waals surface area contributed by atoms with Crippen LogP contribution in [0.25, 0.3) is 0 Å². The predicted molar refractivity (Wildman–Crippen MR) is 73.1 cm³/mol. The van der Waals surface area contributed by atoms with Crippen molar-refractivity contribution in [1.29, 1.82) is 0 Å². The summed E-state index contributed by atoms with van der Waals surface area (Å²) in [5, 5.41) is 19.1. The number of hydrogen-bond donors (Lipinski definition) is 2. The van der Waals surface area contributed by atoms with Gasteiger partial charge in [0.25, 0.3) is 0 Å². The molecule has 1 heterocycles. The standard InChI is InChI=1S/C14H18O3S/c1-9(14(16)17)11-4-2-3-10(7-11)8-13-12(15)5-6-18-13/h2-4,7,9,12-13,15H,5-6,8H2,1H3,(H,16,17). The van der Waals surface area contributed by atoms with E-state index in [-0.39, 0.29) is 11.4 Å². The molecule has 0 amide bonds. The molecule has 1 aliphatic rings. The molecule has 1 aromatic rings. The van der Waals surface area contributed by atoms with Gasteiger partial charge in [0.1, 0.15) is 0 Å². The predicted octanol–water partition coefficient (Wildman–Crippen LogP) is 2.28. The third kappa shape index (κ3) is 3.06. The Morgan fingerprint density at radius 2 is 2.33 bits per heavy atom. The van der Waals surface area contributed by atoms with Gasteiger partial charge >= 0.3 is 5.97 Å². The lowest BCUT2D eigenvalue weighted by atomic mass is 9.97. The van der Waals surface area contributed by atoms with Crippen molar-refractivity contribution < 1.29 is 15.0 Å². The van der Waals surface area contributed by atoms with Crippen LogP contribution in [0.3, 0.4) is 0 Å². The first-order valence-corrected chi connectivity index (χ1v) is 7.24. The first-order valence-electron chi connectivity index (χ1n) is 6.19. The quantitative estimate of drug-likeness (QED) is 0.878. The highest BCUT2D eigenvalue weighted by Crippen LogP contribution is 2.30. The van der Waals surface area contributed by atoms with Gasteiger partial charge in [-0.2, -0.15) is 11.8 Å². The van der Waals surface area contributed by atoms with E-state index in [0.29, 0.717) is 0 Å². The molecule has 1 aromatic carbocycles. The maximum atomic E-state index is 11.0. The number of carboxylic acids is 1. The van der Waals surface area contributed by atoms with Crippen LogP contribution in [0.5, 0.6) is 0 Å². The van der Waals surface area contributed by atoms with Crippen molar-refractivity contribution >= 4 is 17.7 Å². The van der Waals surface area contributed by atoms with Gasteiger partial charge in [0.05, 0.1) is 12.0 Å². The molecule has 0 spiro atoms. The number of aliphatic carboxylic acids is 1. The van der Waals surface area contributed by atoms with E-state index in [1.165, 1.54) is 0 Å². The van der Waals surface area contributed by atoms with Crippen molar-refractivity contribution in [2.75, 3.05) is 5.75 Å². The molecule has 2 N–H and O–H groups in total. The zero-order valence-electron chi connectivity index (χ0n) is 10.4. The van der Waals surface area contributed by atoms with Crippen molar-refractivity contribution in [3.63, 3.8) is 0 Å². The van der Waals surface area contributed by atoms with Crippen molar-refractivity contribution in [3.05, 3.63) is 35.4 Å². The van der Waals surface area contributed by atoms with Crippen molar-refractivity contribution in [1.82, 2.24) is 0 Å². The molecule has 3 unspecified atom stereocenters. The molecular formula is C14H18O3S. The van der Waals surface area contributed by atoms with E-state index in [9.17, 15) is 9.90 Å². The van der Waals surface area contributed by atoms with Crippen LogP contribution in [-0.4, -0.2) is 33.3 Å². The number of carboxylic acid groups (broad SMARTS) is 1. The molecule has 1 saturated heterocycles. The van der Waals surface area contributed by atoms with Gasteiger partial charge in [0.15, 0.2) is 0 Å². The van der Waals surface area contributed by atoms with Gasteiger partial charge in [-0.15, -0.1) is 0 Å². The molecule has 18 heavy (non-hydrogen) atoms. The molecule has 0 saturated carbocycles. The fraction of sp³-hybridized carbons (Fsp3) is 0.500. The Kier molecular flexibility index (Phi) is 4.30. The van der Waals surface area contributed by atoms with Gasteiger partial charge in [0, 0.05) is 5.25 Å². The van der Waals surface area contributed by atoms with Gasteiger partial charge in [-0.05, 0) is 36.6 Å². The van der Waals surface area contributed by atoms with Crippen molar-refractivity contribution in [2.45, 2.75) is 37.0 Å². The molecule has 3 atom stereocenters. The number of aliphatic hydroxyl groups excluding tert-OH is 1. The van der Waals surface area contributed by atoms with E-state index in [0.717, 1.165) is 29.7 Å². The molecule has 0 bridgehead atoms. The minimum atomic E-state index is -0.803. The Labute approximate surface area is 111 Å². The third-order valence-electron chi connectivity index (χ3n) is 3.43. The van der Waals surface area contributed by atoms with Gasteiger partial charge in [-0.1, -0.05) is 24.3 Å². The van der Waals surface area contributed by atoms with E-state index >= 15 is 0 Å². The highest BCUT2D eigenvalue weighted by molar-refractivity contribution is 8.00. The second-order valence-electron chi connectivity index (χ2n) is 4.77. The summed E-state index contributed by atoms with van der Waals surface area (Å²) < 4.78 is 0. The van der Waals surface area contributed by atoms with E-state index in [2.05, 4.69) is 0 Å². The smallest absolute Gasteiger partial charge is 0.310 e. The zero-order valence-corrected chi connectivity index (χ0v) is 11.2. The van der Waals surface area contributed by atoms with E-state index in [4.69, 9.17) is 5.11 Å². The molecule has 0 radical (unpaired) electrons. The summed E-state index contributed by atoms with van der Waals surface area (Å²) in [6, 6.07) is 7.70. The maximum Gasteiger partial charge on any atom is 0.310 e. The summed E-state index contributed by atoms with van der Waals surface area (Å²) in [6.07, 6.45) is 1.45. The van der Waals surface area contributed by atoms with Gasteiger partial charge in [0.2, 0.25) is 0 Å². The Hall–Kier alpha value is -1.00. The normalized spacial score (nSPS) is 25.0. The number of carbonyl (C=O) groups is 1. The molecule has 1 fully saturated rings. The number of benzene rings is 1. The van der Waals surface area contributed by atoms with Crippen LogP contribution in [0.2, 0.25) is 0 Å². The minimum absolute atomic E-state index is 0.226. The summed E-state index contributed by atoms with van der Waals surface area (Å²) in [5.74, 6) is -0.273. The zero-order chi connectivity index (χ0) is 13.1. The largest absolute Gasteiger partial charge is 0.481 e. The molecule has 2 rings (SSSR count). The van der Waals surface area contributed by atoms with Gasteiger partial charge < -0.3 is 10.2 Å². The highest BCUT2D eigenvalue weighted by atomic mass is 32.2. The molecule has 0 aliphatic carbocycles. The van der Waals surface area contributed by atoms with E-state index in [1.807, 2.05) is 24.3 Å². The number of rotatable bonds is 4.